The first kappa shape index (κ1) is 19.4. The molecular weight excluding hydrogens is 351 g/mol. The van der Waals surface area contributed by atoms with Gasteiger partial charge in [0.2, 0.25) is 5.82 Å². The lowest BCUT2D eigenvalue weighted by atomic mass is 9.86. The average molecular weight is 368 g/mol. The summed E-state index contributed by atoms with van der Waals surface area (Å²) in [5.41, 5.74) is -2.72. The highest BCUT2D eigenvalue weighted by Gasteiger charge is 2.62. The molecule has 4 nitrogen and oxygen atoms in total. The van der Waals surface area contributed by atoms with Crippen molar-refractivity contribution in [3.8, 4) is 5.75 Å². The van der Waals surface area contributed by atoms with E-state index in [4.69, 9.17) is 14.2 Å². The SMILES string of the molecule is CCOC(=O)C1OC(C)(C(F)(F)F)CC1c1ccc(F)c(F)c1OC. The van der Waals surface area contributed by atoms with E-state index in [0.717, 1.165) is 26.2 Å². The standard InChI is InChI=1S/C16H17F5O4/c1-4-24-14(22)13-9(7-15(2,25-13)16(19,20)21)8-5-6-10(17)11(18)12(8)23-3/h5-6,9,13H,4,7H2,1-3H3. The van der Waals surface area contributed by atoms with Gasteiger partial charge in [-0.05, 0) is 26.3 Å². The van der Waals surface area contributed by atoms with Crippen molar-refractivity contribution in [2.75, 3.05) is 13.7 Å². The minimum Gasteiger partial charge on any atom is -0.493 e. The molecule has 1 aliphatic rings. The number of ether oxygens (including phenoxy) is 3. The molecular formula is C16H17F5O4. The number of halogens is 5. The van der Waals surface area contributed by atoms with Crippen LogP contribution in [0.15, 0.2) is 12.1 Å². The molecule has 25 heavy (non-hydrogen) atoms. The van der Waals surface area contributed by atoms with Gasteiger partial charge in [0.05, 0.1) is 13.7 Å². The Hall–Kier alpha value is -1.90. The maximum absolute atomic E-state index is 13.9. The topological polar surface area (TPSA) is 44.8 Å². The van der Waals surface area contributed by atoms with Gasteiger partial charge in [0.1, 0.15) is 0 Å². The summed E-state index contributed by atoms with van der Waals surface area (Å²) in [5.74, 6) is -5.34. The Balaban J connectivity index is 2.53. The number of benzene rings is 1. The fourth-order valence-corrected chi connectivity index (χ4v) is 2.88. The van der Waals surface area contributed by atoms with E-state index in [1.807, 2.05) is 0 Å². The Morgan fingerprint density at radius 1 is 1.36 bits per heavy atom. The highest BCUT2D eigenvalue weighted by atomic mass is 19.4. The number of esters is 1. The third kappa shape index (κ3) is 3.42. The Kier molecular flexibility index (Phi) is 5.27. The zero-order valence-corrected chi connectivity index (χ0v) is 13.7. The summed E-state index contributed by atoms with van der Waals surface area (Å²) in [7, 11) is 1.06. The number of hydrogen-bond donors (Lipinski definition) is 0. The zero-order valence-electron chi connectivity index (χ0n) is 13.7. The smallest absolute Gasteiger partial charge is 0.417 e. The van der Waals surface area contributed by atoms with Crippen LogP contribution in [0.25, 0.3) is 0 Å². The molecule has 0 spiro atoms. The summed E-state index contributed by atoms with van der Waals surface area (Å²) < 4.78 is 81.9. The van der Waals surface area contributed by atoms with Gasteiger partial charge in [-0.3, -0.25) is 0 Å². The third-order valence-corrected chi connectivity index (χ3v) is 4.16. The van der Waals surface area contributed by atoms with E-state index < -0.39 is 53.6 Å². The Bertz CT molecular complexity index is 661. The molecule has 3 atom stereocenters. The molecule has 0 bridgehead atoms. The van der Waals surface area contributed by atoms with Crippen molar-refractivity contribution in [2.45, 2.75) is 44.1 Å². The van der Waals surface area contributed by atoms with E-state index in [1.54, 1.807) is 0 Å². The third-order valence-electron chi connectivity index (χ3n) is 4.16. The lowest BCUT2D eigenvalue weighted by Crippen LogP contribution is -2.43. The molecule has 0 radical (unpaired) electrons. The Labute approximate surface area is 140 Å². The maximum Gasteiger partial charge on any atom is 0.417 e. The van der Waals surface area contributed by atoms with Crippen molar-refractivity contribution in [2.24, 2.45) is 0 Å². The van der Waals surface area contributed by atoms with Crippen molar-refractivity contribution in [1.29, 1.82) is 0 Å². The molecule has 1 aromatic carbocycles. The van der Waals surface area contributed by atoms with Crippen LogP contribution in [0, 0.1) is 11.6 Å². The Morgan fingerprint density at radius 2 is 2.00 bits per heavy atom. The van der Waals surface area contributed by atoms with Crippen LogP contribution in [0.2, 0.25) is 0 Å². The molecule has 0 saturated carbocycles. The van der Waals surface area contributed by atoms with E-state index in [0.29, 0.717) is 0 Å². The Morgan fingerprint density at radius 3 is 2.52 bits per heavy atom. The van der Waals surface area contributed by atoms with E-state index >= 15 is 0 Å². The number of methoxy groups -OCH3 is 1. The van der Waals surface area contributed by atoms with Gasteiger partial charge < -0.3 is 14.2 Å². The minimum atomic E-state index is -4.77. The molecule has 0 aromatic heterocycles. The van der Waals surface area contributed by atoms with Gasteiger partial charge in [-0.15, -0.1) is 0 Å². The van der Waals surface area contributed by atoms with Gasteiger partial charge in [-0.1, -0.05) is 6.07 Å². The van der Waals surface area contributed by atoms with E-state index in [-0.39, 0.29) is 12.2 Å². The summed E-state index contributed by atoms with van der Waals surface area (Å²) in [6, 6.07) is 1.85. The number of carbonyl (C=O) groups is 1. The van der Waals surface area contributed by atoms with Crippen LogP contribution in [0.3, 0.4) is 0 Å². The fraction of sp³-hybridized carbons (Fsp3) is 0.562. The number of hydrogen-bond acceptors (Lipinski definition) is 4. The first-order valence-corrected chi connectivity index (χ1v) is 7.48. The van der Waals surface area contributed by atoms with Crippen LogP contribution < -0.4 is 4.74 Å². The van der Waals surface area contributed by atoms with Crippen LogP contribution in [0.4, 0.5) is 22.0 Å². The summed E-state index contributed by atoms with van der Waals surface area (Å²) in [6.45, 7) is 2.22. The molecule has 0 amide bonds. The van der Waals surface area contributed by atoms with Gasteiger partial charge in [-0.25, -0.2) is 9.18 Å². The van der Waals surface area contributed by atoms with Crippen LogP contribution in [0.5, 0.6) is 5.75 Å². The van der Waals surface area contributed by atoms with Crippen molar-refractivity contribution in [1.82, 2.24) is 0 Å². The summed E-state index contributed by atoms with van der Waals surface area (Å²) in [4.78, 5) is 12.1. The number of carbonyl (C=O) groups excluding carboxylic acids is 1. The predicted octanol–water partition coefficient (Wildman–Crippen LogP) is 3.73. The molecule has 1 saturated heterocycles. The maximum atomic E-state index is 13.9. The molecule has 9 heteroatoms. The van der Waals surface area contributed by atoms with E-state index in [1.165, 1.54) is 6.92 Å². The molecule has 140 valence electrons. The molecule has 1 aromatic rings. The average Bonchev–Trinajstić information content (AvgIpc) is 2.89. The van der Waals surface area contributed by atoms with Gasteiger partial charge in [0.15, 0.2) is 23.3 Å². The zero-order chi connectivity index (χ0) is 19.0. The van der Waals surface area contributed by atoms with Gasteiger partial charge in [-0.2, -0.15) is 17.6 Å². The summed E-state index contributed by atoms with van der Waals surface area (Å²) in [5, 5.41) is 0. The lowest BCUT2D eigenvalue weighted by molar-refractivity contribution is -0.264. The van der Waals surface area contributed by atoms with Crippen molar-refractivity contribution in [3.05, 3.63) is 29.3 Å². The van der Waals surface area contributed by atoms with Crippen molar-refractivity contribution < 1.29 is 41.0 Å². The minimum absolute atomic E-state index is 0.0664. The molecule has 0 aliphatic carbocycles. The van der Waals surface area contributed by atoms with Crippen molar-refractivity contribution in [3.63, 3.8) is 0 Å². The number of rotatable bonds is 4. The van der Waals surface area contributed by atoms with Gasteiger partial charge >= 0.3 is 12.1 Å². The van der Waals surface area contributed by atoms with Gasteiger partial charge in [0.25, 0.3) is 0 Å². The monoisotopic (exact) mass is 368 g/mol. The summed E-state index contributed by atoms with van der Waals surface area (Å²) >= 11 is 0. The highest BCUT2D eigenvalue weighted by Crippen LogP contribution is 2.51. The molecule has 1 heterocycles. The second-order valence-electron chi connectivity index (χ2n) is 5.81. The van der Waals surface area contributed by atoms with Crippen LogP contribution in [-0.2, 0) is 14.3 Å². The highest BCUT2D eigenvalue weighted by molar-refractivity contribution is 5.77. The summed E-state index contributed by atoms with van der Waals surface area (Å²) in [6.07, 6.45) is -7.05. The molecule has 3 unspecified atom stereocenters. The van der Waals surface area contributed by atoms with E-state index in [2.05, 4.69) is 0 Å². The second kappa shape index (κ2) is 6.78. The first-order chi connectivity index (χ1) is 11.6. The van der Waals surface area contributed by atoms with Crippen molar-refractivity contribution >= 4 is 5.97 Å². The molecule has 1 fully saturated rings. The molecule has 2 rings (SSSR count). The molecule has 0 N–H and O–H groups in total. The van der Waals surface area contributed by atoms with Crippen LogP contribution in [0.1, 0.15) is 31.7 Å². The van der Waals surface area contributed by atoms with Crippen LogP contribution in [-0.4, -0.2) is 37.6 Å². The van der Waals surface area contributed by atoms with Crippen LogP contribution >= 0.6 is 0 Å². The molecule has 1 aliphatic heterocycles. The largest absolute Gasteiger partial charge is 0.493 e. The normalized spacial score (nSPS) is 26.6. The van der Waals surface area contributed by atoms with E-state index in [9.17, 15) is 26.7 Å². The van der Waals surface area contributed by atoms with Gasteiger partial charge in [0, 0.05) is 11.5 Å². The predicted molar refractivity (Wildman–Crippen MR) is 76.2 cm³/mol. The fourth-order valence-electron chi connectivity index (χ4n) is 2.88. The number of alkyl halides is 3. The second-order valence-corrected chi connectivity index (χ2v) is 5.81. The first-order valence-electron chi connectivity index (χ1n) is 7.48. The lowest BCUT2D eigenvalue weighted by Gasteiger charge is -2.26. The quantitative estimate of drug-likeness (QED) is 0.600.